The van der Waals surface area contributed by atoms with E-state index in [2.05, 4.69) is 68.8 Å². The molecule has 1 heterocycles. The van der Waals surface area contributed by atoms with Crippen LogP contribution in [-0.2, 0) is 0 Å². The highest BCUT2D eigenvalue weighted by molar-refractivity contribution is 6.06. The van der Waals surface area contributed by atoms with Crippen LogP contribution >= 0.6 is 0 Å². The van der Waals surface area contributed by atoms with Crippen LogP contribution in [-0.4, -0.2) is 4.98 Å². The van der Waals surface area contributed by atoms with Crippen LogP contribution in [0.4, 0.5) is 0 Å². The summed E-state index contributed by atoms with van der Waals surface area (Å²) in [6.07, 6.45) is 28.0. The molecular formula is C30H27N. The molecule has 0 radical (unpaired) electrons. The lowest BCUT2D eigenvalue weighted by Gasteiger charge is -2.11. The van der Waals surface area contributed by atoms with Crippen molar-refractivity contribution in [2.45, 2.75) is 6.92 Å². The Morgan fingerprint density at radius 1 is 0.871 bits per heavy atom. The minimum atomic E-state index is 0.817. The molecule has 1 aromatic rings. The lowest BCUT2D eigenvalue weighted by atomic mass is 9.93. The van der Waals surface area contributed by atoms with Gasteiger partial charge in [0.25, 0.3) is 0 Å². The average molecular weight is 402 g/mol. The summed E-state index contributed by atoms with van der Waals surface area (Å²) in [6, 6.07) is 4.07. The molecule has 3 rings (SSSR count). The zero-order chi connectivity index (χ0) is 22.2. The molecule has 0 aromatic carbocycles. The van der Waals surface area contributed by atoms with Gasteiger partial charge in [-0.2, -0.15) is 0 Å². The van der Waals surface area contributed by atoms with Crippen LogP contribution in [0.5, 0.6) is 0 Å². The molecule has 0 bridgehead atoms. The minimum absolute atomic E-state index is 0.817. The maximum absolute atomic E-state index is 4.72. The Balaban J connectivity index is 2.39. The van der Waals surface area contributed by atoms with Crippen molar-refractivity contribution in [2.75, 3.05) is 0 Å². The summed E-state index contributed by atoms with van der Waals surface area (Å²) >= 11 is 0. The van der Waals surface area contributed by atoms with Crippen molar-refractivity contribution in [2.24, 2.45) is 0 Å². The summed E-state index contributed by atoms with van der Waals surface area (Å²) in [5.74, 6) is 0. The van der Waals surface area contributed by atoms with Crippen molar-refractivity contribution in [1.29, 1.82) is 0 Å². The van der Waals surface area contributed by atoms with E-state index in [0.29, 0.717) is 0 Å². The van der Waals surface area contributed by atoms with E-state index in [1.807, 2.05) is 55.6 Å². The van der Waals surface area contributed by atoms with Gasteiger partial charge in [0.1, 0.15) is 0 Å². The number of allylic oxidation sites excluding steroid dienone is 20. The van der Waals surface area contributed by atoms with Crippen molar-refractivity contribution >= 4 is 11.1 Å². The van der Waals surface area contributed by atoms with E-state index < -0.39 is 0 Å². The predicted octanol–water partition coefficient (Wildman–Crippen LogP) is 7.83. The Hall–Kier alpha value is -3.97. The van der Waals surface area contributed by atoms with Crippen molar-refractivity contribution in [3.8, 4) is 0 Å². The van der Waals surface area contributed by atoms with Gasteiger partial charge < -0.3 is 0 Å². The molecule has 0 N–H and O–H groups in total. The summed E-state index contributed by atoms with van der Waals surface area (Å²) in [5.41, 5.74) is 9.09. The zero-order valence-electron chi connectivity index (χ0n) is 18.0. The van der Waals surface area contributed by atoms with E-state index in [1.54, 1.807) is 6.08 Å². The Kier molecular flexibility index (Phi) is 7.13. The van der Waals surface area contributed by atoms with Gasteiger partial charge in [0.05, 0.1) is 5.69 Å². The molecule has 0 saturated heterocycles. The lowest BCUT2D eigenvalue weighted by molar-refractivity contribution is 1.27. The quantitative estimate of drug-likeness (QED) is 0.458. The Morgan fingerprint density at radius 3 is 2.32 bits per heavy atom. The van der Waals surface area contributed by atoms with Crippen LogP contribution in [0.3, 0.4) is 0 Å². The first-order valence-electron chi connectivity index (χ1n) is 10.2. The van der Waals surface area contributed by atoms with Crippen LogP contribution < -0.4 is 0 Å². The summed E-state index contributed by atoms with van der Waals surface area (Å²) in [6.45, 7) is 18.1. The standard InChI is InChI=1S/C30H27N/c1-6-15-24-19-20-27-26(17-13-11-10-12-16-23(24)8-3)28-18-14-21-31-30(28)29(27)25(9-4)22(5)7-2/h6-21H,2-5H2,1H3/b11-10+,12-10?,13-11?,15-6-,16-12-,17-13-,20-19+,23-16?,24-19?,24-23-,26-17?,27-20?,29-25+. The number of aromatic nitrogens is 1. The topological polar surface area (TPSA) is 12.9 Å². The fourth-order valence-electron chi connectivity index (χ4n) is 3.68. The highest BCUT2D eigenvalue weighted by Gasteiger charge is 2.27. The van der Waals surface area contributed by atoms with Crippen molar-refractivity contribution in [3.63, 3.8) is 0 Å². The monoisotopic (exact) mass is 401 g/mol. The molecule has 0 spiro atoms. The lowest BCUT2D eigenvalue weighted by Crippen LogP contribution is -1.94. The van der Waals surface area contributed by atoms with Crippen molar-refractivity contribution < 1.29 is 0 Å². The summed E-state index contributed by atoms with van der Waals surface area (Å²) in [5, 5.41) is 0. The maximum Gasteiger partial charge on any atom is 0.0792 e. The fraction of sp³-hybridized carbons (Fsp3) is 0.0333. The first kappa shape index (κ1) is 21.7. The molecule has 0 unspecified atom stereocenters. The van der Waals surface area contributed by atoms with E-state index in [1.165, 1.54) is 0 Å². The summed E-state index contributed by atoms with van der Waals surface area (Å²) in [4.78, 5) is 4.72. The minimum Gasteiger partial charge on any atom is -0.256 e. The summed E-state index contributed by atoms with van der Waals surface area (Å²) in [7, 11) is 0. The van der Waals surface area contributed by atoms with Gasteiger partial charge in [-0.25, -0.2) is 0 Å². The summed E-state index contributed by atoms with van der Waals surface area (Å²) < 4.78 is 0. The Bertz CT molecular complexity index is 1180. The third-order valence-corrected chi connectivity index (χ3v) is 5.16. The molecule has 1 heteroatoms. The molecule has 31 heavy (non-hydrogen) atoms. The third kappa shape index (κ3) is 4.46. The largest absolute Gasteiger partial charge is 0.256 e. The molecule has 152 valence electrons. The van der Waals surface area contributed by atoms with Gasteiger partial charge in [-0.05, 0) is 46.4 Å². The molecule has 1 aromatic heterocycles. The van der Waals surface area contributed by atoms with Gasteiger partial charge in [-0.3, -0.25) is 4.98 Å². The fourth-order valence-corrected chi connectivity index (χ4v) is 3.68. The Morgan fingerprint density at radius 2 is 1.65 bits per heavy atom. The maximum atomic E-state index is 4.72. The molecule has 0 amide bonds. The number of hydrogen-bond donors (Lipinski definition) is 0. The number of fused-ring (bicyclic) bond motifs is 2. The Labute approximate surface area is 185 Å². The zero-order valence-corrected chi connectivity index (χ0v) is 18.0. The van der Waals surface area contributed by atoms with Gasteiger partial charge in [-0.15, -0.1) is 0 Å². The highest BCUT2D eigenvalue weighted by atomic mass is 14.7. The second-order valence-corrected chi connectivity index (χ2v) is 7.00. The smallest absolute Gasteiger partial charge is 0.0792 e. The van der Waals surface area contributed by atoms with Crippen molar-refractivity contribution in [3.05, 3.63) is 163 Å². The van der Waals surface area contributed by atoms with E-state index in [-0.39, 0.29) is 0 Å². The van der Waals surface area contributed by atoms with Gasteiger partial charge >= 0.3 is 0 Å². The first-order chi connectivity index (χ1) is 15.2. The van der Waals surface area contributed by atoms with E-state index in [0.717, 1.165) is 50.3 Å². The van der Waals surface area contributed by atoms with Crippen molar-refractivity contribution in [1.82, 2.24) is 4.98 Å². The number of pyridine rings is 1. The molecule has 1 nitrogen and oxygen atoms in total. The van der Waals surface area contributed by atoms with Crippen LogP contribution in [0.25, 0.3) is 11.1 Å². The highest BCUT2D eigenvalue weighted by Crippen LogP contribution is 2.44. The molecule has 0 atom stereocenters. The number of rotatable bonds is 5. The predicted molar refractivity (Wildman–Crippen MR) is 136 cm³/mol. The number of nitrogens with zero attached hydrogens (tertiary/aromatic N) is 1. The second kappa shape index (κ2) is 10.2. The second-order valence-electron chi connectivity index (χ2n) is 7.00. The van der Waals surface area contributed by atoms with Gasteiger partial charge in [-0.1, -0.05) is 111 Å². The number of hydrogen-bond acceptors (Lipinski definition) is 1. The normalized spacial score (nSPS) is 23.6. The van der Waals surface area contributed by atoms with Gasteiger partial charge in [0.2, 0.25) is 0 Å². The average Bonchev–Trinajstić information content (AvgIpc) is 3.09. The van der Waals surface area contributed by atoms with Crippen LogP contribution in [0, 0.1) is 0 Å². The van der Waals surface area contributed by atoms with Crippen LogP contribution in [0.2, 0.25) is 0 Å². The first-order valence-corrected chi connectivity index (χ1v) is 10.2. The molecular weight excluding hydrogens is 374 g/mol. The molecule has 2 aliphatic rings. The van der Waals surface area contributed by atoms with E-state index in [9.17, 15) is 0 Å². The molecule has 2 aliphatic carbocycles. The van der Waals surface area contributed by atoms with E-state index in [4.69, 9.17) is 4.98 Å². The molecule has 0 fully saturated rings. The molecule has 0 aliphatic heterocycles. The van der Waals surface area contributed by atoms with Gasteiger partial charge in [0.15, 0.2) is 0 Å². The van der Waals surface area contributed by atoms with Gasteiger partial charge in [0, 0.05) is 17.3 Å². The third-order valence-electron chi connectivity index (χ3n) is 5.16. The molecule has 0 saturated carbocycles. The van der Waals surface area contributed by atoms with Crippen LogP contribution in [0.1, 0.15) is 18.2 Å². The SMILES string of the molecule is C=CC(=C)/C(C=C)=C1C2=C(/C=C\C=C\C=C/C(C=C)=C(/C=C\C)\C=C\2)c2cccnc2\1. The van der Waals surface area contributed by atoms with E-state index >= 15 is 0 Å². The van der Waals surface area contributed by atoms with Crippen LogP contribution in [0.15, 0.2) is 151 Å².